The van der Waals surface area contributed by atoms with Gasteiger partial charge in [-0.3, -0.25) is 0 Å². The standard InChI is InChI=1S/C18H33Br.BrH/c1-2-3-4-5-6-7-8-9-10-11-12-13-14-15-16-17-18-19;/h6-7,9-10H,2-5,8,11-18H2,1H3;1H. The van der Waals surface area contributed by atoms with E-state index in [0.717, 1.165) is 6.42 Å². The first kappa shape index (κ1) is 22.7. The van der Waals surface area contributed by atoms with Gasteiger partial charge in [0.15, 0.2) is 0 Å². The van der Waals surface area contributed by atoms with Gasteiger partial charge < -0.3 is 0 Å². The predicted octanol–water partition coefficient (Wildman–Crippen LogP) is 7.77. The maximum Gasteiger partial charge on any atom is 0.00313 e. The van der Waals surface area contributed by atoms with Gasteiger partial charge in [0.2, 0.25) is 0 Å². The van der Waals surface area contributed by atoms with Crippen molar-refractivity contribution < 1.29 is 0 Å². The summed E-state index contributed by atoms with van der Waals surface area (Å²) >= 11 is 3.48. The molecule has 0 spiro atoms. The summed E-state index contributed by atoms with van der Waals surface area (Å²) < 4.78 is 0. The zero-order valence-corrected chi connectivity index (χ0v) is 16.6. The molecule has 0 fully saturated rings. The van der Waals surface area contributed by atoms with Gasteiger partial charge in [0, 0.05) is 5.33 Å². The maximum absolute atomic E-state index is 3.48. The molecule has 0 aliphatic heterocycles. The molecule has 0 bridgehead atoms. The van der Waals surface area contributed by atoms with Crippen molar-refractivity contribution in [2.75, 3.05) is 5.33 Å². The van der Waals surface area contributed by atoms with E-state index < -0.39 is 0 Å². The van der Waals surface area contributed by atoms with Gasteiger partial charge in [-0.1, -0.05) is 85.7 Å². The van der Waals surface area contributed by atoms with Crippen LogP contribution in [0.1, 0.15) is 84.0 Å². The van der Waals surface area contributed by atoms with Crippen molar-refractivity contribution in [1.29, 1.82) is 0 Å². The Morgan fingerprint density at radius 3 is 1.70 bits per heavy atom. The summed E-state index contributed by atoms with van der Waals surface area (Å²) in [6.45, 7) is 2.26. The van der Waals surface area contributed by atoms with E-state index in [4.69, 9.17) is 0 Å². The molecule has 0 amide bonds. The van der Waals surface area contributed by atoms with E-state index >= 15 is 0 Å². The van der Waals surface area contributed by atoms with E-state index in [2.05, 4.69) is 47.2 Å². The van der Waals surface area contributed by atoms with E-state index in [-0.39, 0.29) is 17.0 Å². The topological polar surface area (TPSA) is 0 Å². The summed E-state index contributed by atoms with van der Waals surface area (Å²) in [5, 5.41) is 1.17. The number of rotatable bonds is 14. The van der Waals surface area contributed by atoms with Crippen molar-refractivity contribution in [3.63, 3.8) is 0 Å². The molecule has 0 aromatic rings. The van der Waals surface area contributed by atoms with Crippen LogP contribution in [0, 0.1) is 0 Å². The Kier molecular flexibility index (Phi) is 24.7. The van der Waals surface area contributed by atoms with Gasteiger partial charge in [-0.05, 0) is 38.5 Å². The molecule has 0 rings (SSSR count). The van der Waals surface area contributed by atoms with Crippen LogP contribution in [0.3, 0.4) is 0 Å². The molecule has 0 aromatic carbocycles. The number of unbranched alkanes of at least 4 members (excludes halogenated alkanes) is 9. The van der Waals surface area contributed by atoms with Gasteiger partial charge in [0.05, 0.1) is 0 Å². The van der Waals surface area contributed by atoms with Crippen LogP contribution in [0.5, 0.6) is 0 Å². The number of allylic oxidation sites excluding steroid dienone is 4. The van der Waals surface area contributed by atoms with Crippen LogP contribution in [0.25, 0.3) is 0 Å². The smallest absolute Gasteiger partial charge is 0.00313 e. The molecule has 0 atom stereocenters. The third-order valence-electron chi connectivity index (χ3n) is 3.33. The average Bonchev–Trinajstić information content (AvgIpc) is 2.43. The Hall–Kier alpha value is 0.440. The highest BCUT2D eigenvalue weighted by molar-refractivity contribution is 9.09. The molecule has 0 N–H and O–H groups in total. The average molecular weight is 410 g/mol. The molecule has 0 unspecified atom stereocenters. The van der Waals surface area contributed by atoms with Gasteiger partial charge in [-0.25, -0.2) is 0 Å². The largest absolute Gasteiger partial charge is 0.114 e. The fraction of sp³-hybridized carbons (Fsp3) is 0.778. The molecule has 0 radical (unpaired) electrons. The van der Waals surface area contributed by atoms with Crippen molar-refractivity contribution in [3.05, 3.63) is 24.3 Å². The van der Waals surface area contributed by atoms with Crippen LogP contribution in [0.15, 0.2) is 24.3 Å². The van der Waals surface area contributed by atoms with Gasteiger partial charge in [-0.2, -0.15) is 0 Å². The lowest BCUT2D eigenvalue weighted by Crippen LogP contribution is -1.80. The summed E-state index contributed by atoms with van der Waals surface area (Å²) in [6, 6.07) is 0. The van der Waals surface area contributed by atoms with Gasteiger partial charge in [0.25, 0.3) is 0 Å². The monoisotopic (exact) mass is 408 g/mol. The van der Waals surface area contributed by atoms with E-state index in [9.17, 15) is 0 Å². The van der Waals surface area contributed by atoms with Crippen molar-refractivity contribution in [2.24, 2.45) is 0 Å². The summed E-state index contributed by atoms with van der Waals surface area (Å²) in [7, 11) is 0. The third kappa shape index (κ3) is 20.8. The minimum absolute atomic E-state index is 0. The normalized spacial score (nSPS) is 11.3. The number of alkyl halides is 1. The van der Waals surface area contributed by atoms with Crippen LogP contribution >= 0.6 is 32.9 Å². The van der Waals surface area contributed by atoms with E-state index in [1.54, 1.807) is 0 Å². The van der Waals surface area contributed by atoms with E-state index in [0.29, 0.717) is 0 Å². The predicted molar refractivity (Wildman–Crippen MR) is 103 cm³/mol. The lowest BCUT2D eigenvalue weighted by atomic mass is 10.1. The molecule has 0 aliphatic rings. The van der Waals surface area contributed by atoms with Crippen molar-refractivity contribution >= 4 is 32.9 Å². The summed E-state index contributed by atoms with van der Waals surface area (Å²) in [5.41, 5.74) is 0. The highest BCUT2D eigenvalue weighted by Crippen LogP contribution is 2.08. The highest BCUT2D eigenvalue weighted by Gasteiger charge is 1.89. The van der Waals surface area contributed by atoms with Crippen LogP contribution in [-0.2, 0) is 0 Å². The molecule has 0 aromatic heterocycles. The molecule has 2 heteroatoms. The molecular weight excluding hydrogens is 376 g/mol. The lowest BCUT2D eigenvalue weighted by Gasteiger charge is -1.98. The Bertz CT molecular complexity index is 209. The van der Waals surface area contributed by atoms with E-state index in [1.165, 1.54) is 76.0 Å². The van der Waals surface area contributed by atoms with Crippen LogP contribution in [0.4, 0.5) is 0 Å². The Labute approximate surface area is 146 Å². The first-order chi connectivity index (χ1) is 9.41. The maximum atomic E-state index is 3.48. The first-order valence-corrected chi connectivity index (χ1v) is 9.40. The van der Waals surface area contributed by atoms with Gasteiger partial charge in [-0.15, -0.1) is 17.0 Å². The quantitative estimate of drug-likeness (QED) is 0.156. The zero-order valence-electron chi connectivity index (χ0n) is 13.3. The third-order valence-corrected chi connectivity index (χ3v) is 3.89. The van der Waals surface area contributed by atoms with E-state index in [1.807, 2.05) is 0 Å². The molecule has 0 aliphatic carbocycles. The molecule has 0 saturated carbocycles. The molecule has 0 saturated heterocycles. The van der Waals surface area contributed by atoms with Crippen LogP contribution in [0.2, 0.25) is 0 Å². The fourth-order valence-corrected chi connectivity index (χ4v) is 2.48. The second-order valence-electron chi connectivity index (χ2n) is 5.27. The summed E-state index contributed by atoms with van der Waals surface area (Å²) in [5.74, 6) is 0. The first-order valence-electron chi connectivity index (χ1n) is 8.27. The number of hydrogen-bond acceptors (Lipinski definition) is 0. The Morgan fingerprint density at radius 1 is 0.650 bits per heavy atom. The highest BCUT2D eigenvalue weighted by atomic mass is 79.9. The summed E-state index contributed by atoms with van der Waals surface area (Å²) in [4.78, 5) is 0. The molecule has 0 heterocycles. The number of halogens is 2. The Balaban J connectivity index is 0. The van der Waals surface area contributed by atoms with Crippen LogP contribution in [-0.4, -0.2) is 5.33 Å². The molecule has 20 heavy (non-hydrogen) atoms. The lowest BCUT2D eigenvalue weighted by molar-refractivity contribution is 0.613. The second kappa shape index (κ2) is 21.7. The van der Waals surface area contributed by atoms with Crippen LogP contribution < -0.4 is 0 Å². The number of hydrogen-bond donors (Lipinski definition) is 0. The SMILES string of the molecule is Br.CCCCCC=CCC=CCCCCCCCCBr. The van der Waals surface area contributed by atoms with Gasteiger partial charge in [0.1, 0.15) is 0 Å². The minimum Gasteiger partial charge on any atom is -0.114 e. The second-order valence-corrected chi connectivity index (χ2v) is 6.07. The van der Waals surface area contributed by atoms with Crippen molar-refractivity contribution in [2.45, 2.75) is 84.0 Å². The summed E-state index contributed by atoms with van der Waals surface area (Å²) in [6.07, 6.45) is 25.3. The molecule has 120 valence electrons. The molecule has 0 nitrogen and oxygen atoms in total. The van der Waals surface area contributed by atoms with Crippen molar-refractivity contribution in [1.82, 2.24) is 0 Å². The van der Waals surface area contributed by atoms with Crippen molar-refractivity contribution in [3.8, 4) is 0 Å². The molecular formula is C18H34Br2. The van der Waals surface area contributed by atoms with Gasteiger partial charge >= 0.3 is 0 Å². The Morgan fingerprint density at radius 2 is 1.15 bits per heavy atom. The minimum atomic E-state index is 0. The fourth-order valence-electron chi connectivity index (χ4n) is 2.08. The zero-order chi connectivity index (χ0) is 14.0.